The smallest absolute Gasteiger partial charge is 0.162 e. The molecule has 1 fully saturated rings. The Bertz CT molecular complexity index is 603. The van der Waals surface area contributed by atoms with Gasteiger partial charge in [0.25, 0.3) is 0 Å². The van der Waals surface area contributed by atoms with Crippen LogP contribution in [-0.4, -0.2) is 9.97 Å². The van der Waals surface area contributed by atoms with E-state index in [0.29, 0.717) is 11.7 Å². The molecule has 4 nitrogen and oxygen atoms in total. The average molecular weight is 268 g/mol. The van der Waals surface area contributed by atoms with Gasteiger partial charge in [-0.25, -0.2) is 15.8 Å². The molecule has 2 aromatic rings. The van der Waals surface area contributed by atoms with E-state index in [-0.39, 0.29) is 0 Å². The van der Waals surface area contributed by atoms with Gasteiger partial charge in [0.1, 0.15) is 5.82 Å². The number of nitrogens with one attached hydrogen (secondary N) is 1. The first-order chi connectivity index (χ1) is 9.78. The minimum atomic E-state index is 0.549. The van der Waals surface area contributed by atoms with Gasteiger partial charge in [-0.1, -0.05) is 37.1 Å². The molecule has 0 unspecified atom stereocenters. The van der Waals surface area contributed by atoms with E-state index in [9.17, 15) is 0 Å². The van der Waals surface area contributed by atoms with Gasteiger partial charge in [0.2, 0.25) is 0 Å². The molecule has 20 heavy (non-hydrogen) atoms. The van der Waals surface area contributed by atoms with Crippen LogP contribution in [0.5, 0.6) is 0 Å². The molecule has 1 aliphatic carbocycles. The maximum Gasteiger partial charge on any atom is 0.162 e. The van der Waals surface area contributed by atoms with Crippen LogP contribution >= 0.6 is 0 Å². The normalized spacial score (nSPS) is 15.5. The summed E-state index contributed by atoms with van der Waals surface area (Å²) in [6, 6.07) is 10.2. The van der Waals surface area contributed by atoms with Crippen molar-refractivity contribution in [3.05, 3.63) is 41.6 Å². The zero-order valence-electron chi connectivity index (χ0n) is 11.8. The number of rotatable bonds is 3. The lowest BCUT2D eigenvalue weighted by atomic mass is 10.0. The Morgan fingerprint density at radius 3 is 2.60 bits per heavy atom. The summed E-state index contributed by atoms with van der Waals surface area (Å²) in [5.41, 5.74) is 6.04. The fraction of sp³-hybridized carbons (Fsp3) is 0.375. The second kappa shape index (κ2) is 5.59. The van der Waals surface area contributed by atoms with Gasteiger partial charge in [-0.3, -0.25) is 0 Å². The van der Waals surface area contributed by atoms with Crippen molar-refractivity contribution in [2.45, 2.75) is 38.5 Å². The molecule has 0 radical (unpaired) electrons. The highest BCUT2D eigenvalue weighted by molar-refractivity contribution is 5.61. The monoisotopic (exact) mass is 268 g/mol. The third kappa shape index (κ3) is 2.51. The SMILES string of the molecule is Cc1ccccc1-c1nc(NN)cc(C2CCCC2)n1. The third-order valence-electron chi connectivity index (χ3n) is 4.05. The Balaban J connectivity index is 2.06. The van der Waals surface area contributed by atoms with Crippen molar-refractivity contribution in [2.24, 2.45) is 5.84 Å². The minimum absolute atomic E-state index is 0.549. The Labute approximate surface area is 119 Å². The Morgan fingerprint density at radius 1 is 1.15 bits per heavy atom. The van der Waals surface area contributed by atoms with Gasteiger partial charge >= 0.3 is 0 Å². The van der Waals surface area contributed by atoms with Crippen molar-refractivity contribution in [3.63, 3.8) is 0 Å². The van der Waals surface area contributed by atoms with Crippen molar-refractivity contribution in [1.29, 1.82) is 0 Å². The number of nitrogens with zero attached hydrogens (tertiary/aromatic N) is 2. The van der Waals surface area contributed by atoms with Crippen molar-refractivity contribution < 1.29 is 0 Å². The molecular weight excluding hydrogens is 248 g/mol. The number of hydrogen-bond acceptors (Lipinski definition) is 4. The van der Waals surface area contributed by atoms with Gasteiger partial charge in [-0.15, -0.1) is 0 Å². The zero-order chi connectivity index (χ0) is 13.9. The fourth-order valence-corrected chi connectivity index (χ4v) is 2.91. The molecule has 1 aliphatic rings. The molecule has 1 aromatic heterocycles. The molecule has 4 heteroatoms. The standard InChI is InChI=1S/C16H20N4/c1-11-6-2-5-9-13(11)16-18-14(10-15(19-16)20-17)12-7-3-4-8-12/h2,5-6,9-10,12H,3-4,7-8,17H2,1H3,(H,18,19,20). The van der Waals surface area contributed by atoms with E-state index in [4.69, 9.17) is 10.8 Å². The van der Waals surface area contributed by atoms with Crippen LogP contribution in [0.2, 0.25) is 0 Å². The number of anilines is 1. The molecule has 1 aromatic carbocycles. The predicted molar refractivity (Wildman–Crippen MR) is 81.2 cm³/mol. The molecule has 3 N–H and O–H groups in total. The Hall–Kier alpha value is -1.94. The van der Waals surface area contributed by atoms with Gasteiger partial charge in [0.05, 0.1) is 0 Å². The molecule has 1 heterocycles. The number of benzene rings is 1. The van der Waals surface area contributed by atoms with Crippen LogP contribution in [0.1, 0.15) is 42.9 Å². The second-order valence-corrected chi connectivity index (χ2v) is 5.44. The molecule has 0 saturated heterocycles. The highest BCUT2D eigenvalue weighted by atomic mass is 15.3. The first kappa shape index (κ1) is 13.1. The molecule has 104 valence electrons. The summed E-state index contributed by atoms with van der Waals surface area (Å²) < 4.78 is 0. The number of hydrazine groups is 1. The van der Waals surface area contributed by atoms with Gasteiger partial charge in [-0.2, -0.15) is 0 Å². The van der Waals surface area contributed by atoms with Crippen LogP contribution in [0.3, 0.4) is 0 Å². The number of nitrogen functional groups attached to an aromatic ring is 1. The minimum Gasteiger partial charge on any atom is -0.308 e. The van der Waals surface area contributed by atoms with E-state index in [1.54, 1.807) is 0 Å². The van der Waals surface area contributed by atoms with Crippen LogP contribution in [0, 0.1) is 6.92 Å². The van der Waals surface area contributed by atoms with Crippen LogP contribution in [-0.2, 0) is 0 Å². The van der Waals surface area contributed by atoms with E-state index >= 15 is 0 Å². The summed E-state index contributed by atoms with van der Waals surface area (Å²) in [7, 11) is 0. The van der Waals surface area contributed by atoms with E-state index < -0.39 is 0 Å². The average Bonchev–Trinajstić information content (AvgIpc) is 3.01. The summed E-state index contributed by atoms with van der Waals surface area (Å²) in [5, 5.41) is 0. The van der Waals surface area contributed by atoms with Crippen LogP contribution in [0.25, 0.3) is 11.4 Å². The molecular formula is C16H20N4. The van der Waals surface area contributed by atoms with E-state index in [1.807, 2.05) is 18.2 Å². The topological polar surface area (TPSA) is 63.8 Å². The fourth-order valence-electron chi connectivity index (χ4n) is 2.91. The van der Waals surface area contributed by atoms with Crippen LogP contribution in [0.4, 0.5) is 5.82 Å². The van der Waals surface area contributed by atoms with Gasteiger partial charge < -0.3 is 5.43 Å². The second-order valence-electron chi connectivity index (χ2n) is 5.44. The van der Waals surface area contributed by atoms with E-state index in [2.05, 4.69) is 29.5 Å². The summed E-state index contributed by atoms with van der Waals surface area (Å²) in [4.78, 5) is 9.29. The van der Waals surface area contributed by atoms with Crippen molar-refractivity contribution >= 4 is 5.82 Å². The molecule has 0 aliphatic heterocycles. The maximum atomic E-state index is 5.56. The van der Waals surface area contributed by atoms with Crippen molar-refractivity contribution in [1.82, 2.24) is 9.97 Å². The summed E-state index contributed by atoms with van der Waals surface area (Å²) >= 11 is 0. The maximum absolute atomic E-state index is 5.56. The van der Waals surface area contributed by atoms with E-state index in [0.717, 1.165) is 17.1 Å². The Kier molecular flexibility index (Phi) is 3.65. The van der Waals surface area contributed by atoms with Gasteiger partial charge in [0.15, 0.2) is 5.82 Å². The Morgan fingerprint density at radius 2 is 1.90 bits per heavy atom. The molecule has 1 saturated carbocycles. The summed E-state index contributed by atoms with van der Waals surface area (Å²) in [5.74, 6) is 7.57. The quantitative estimate of drug-likeness (QED) is 0.661. The summed E-state index contributed by atoms with van der Waals surface area (Å²) in [6.45, 7) is 2.08. The molecule has 0 spiro atoms. The molecule has 0 atom stereocenters. The van der Waals surface area contributed by atoms with Crippen molar-refractivity contribution in [2.75, 3.05) is 5.43 Å². The summed E-state index contributed by atoms with van der Waals surface area (Å²) in [6.07, 6.45) is 5.02. The largest absolute Gasteiger partial charge is 0.308 e. The van der Waals surface area contributed by atoms with E-state index in [1.165, 1.54) is 31.2 Å². The highest BCUT2D eigenvalue weighted by Gasteiger charge is 2.20. The molecule has 0 bridgehead atoms. The lowest BCUT2D eigenvalue weighted by Crippen LogP contribution is -2.11. The third-order valence-corrected chi connectivity index (χ3v) is 4.05. The lowest BCUT2D eigenvalue weighted by Gasteiger charge is -2.13. The van der Waals surface area contributed by atoms with Crippen molar-refractivity contribution in [3.8, 4) is 11.4 Å². The van der Waals surface area contributed by atoms with Crippen LogP contribution < -0.4 is 11.3 Å². The zero-order valence-corrected chi connectivity index (χ0v) is 11.8. The first-order valence-corrected chi connectivity index (χ1v) is 7.19. The van der Waals surface area contributed by atoms with Gasteiger partial charge in [-0.05, 0) is 25.3 Å². The molecule has 3 rings (SSSR count). The predicted octanol–water partition coefficient (Wildman–Crippen LogP) is 3.40. The number of aromatic nitrogens is 2. The molecule has 0 amide bonds. The number of aryl methyl sites for hydroxylation is 1. The van der Waals surface area contributed by atoms with Crippen LogP contribution in [0.15, 0.2) is 30.3 Å². The number of nitrogens with two attached hydrogens (primary N) is 1. The number of hydrogen-bond donors (Lipinski definition) is 2. The highest BCUT2D eigenvalue weighted by Crippen LogP contribution is 2.34. The first-order valence-electron chi connectivity index (χ1n) is 7.19. The lowest BCUT2D eigenvalue weighted by molar-refractivity contribution is 0.695. The van der Waals surface area contributed by atoms with Gasteiger partial charge in [0, 0.05) is 23.2 Å².